The normalized spacial score (nSPS) is 9.90. The minimum atomic E-state index is -0.616. The van der Waals surface area contributed by atoms with Crippen molar-refractivity contribution in [3.05, 3.63) is 52.5 Å². The number of benzene rings is 1. The smallest absolute Gasteiger partial charge is 0.293 e. The number of aromatic hydroxyl groups is 1. The van der Waals surface area contributed by atoms with Gasteiger partial charge in [0, 0.05) is 12.1 Å². The van der Waals surface area contributed by atoms with E-state index in [0.29, 0.717) is 0 Å². The molecule has 0 saturated heterocycles. The molecule has 0 unspecified atom stereocenters. The number of phenols is 1. The quantitative estimate of drug-likeness (QED) is 0.343. The lowest BCUT2D eigenvalue weighted by atomic mass is 10.2. The standard InChI is InChI=1S/C12H9N3O5S/c16-9-4-3-7(15(18)19)6-8(9)13-12(21)14-11(17)10-2-1-5-20-10/h1-6,16H,(H2,13,14,17,21). The van der Waals surface area contributed by atoms with E-state index in [1.807, 2.05) is 0 Å². The number of phenolic OH excluding ortho intramolecular Hbond substituents is 1. The van der Waals surface area contributed by atoms with E-state index >= 15 is 0 Å². The summed E-state index contributed by atoms with van der Waals surface area (Å²) in [6.07, 6.45) is 1.33. The van der Waals surface area contributed by atoms with Crippen molar-refractivity contribution in [1.82, 2.24) is 5.32 Å². The maximum atomic E-state index is 11.7. The van der Waals surface area contributed by atoms with Gasteiger partial charge in [-0.2, -0.15) is 0 Å². The number of hydrogen-bond acceptors (Lipinski definition) is 6. The lowest BCUT2D eigenvalue weighted by molar-refractivity contribution is -0.384. The zero-order chi connectivity index (χ0) is 15.4. The van der Waals surface area contributed by atoms with E-state index < -0.39 is 10.8 Å². The third kappa shape index (κ3) is 3.54. The lowest BCUT2D eigenvalue weighted by Crippen LogP contribution is -2.33. The topological polar surface area (TPSA) is 118 Å². The molecule has 0 saturated carbocycles. The molecular weight excluding hydrogens is 298 g/mol. The number of non-ortho nitro benzene ring substituents is 1. The minimum Gasteiger partial charge on any atom is -0.506 e. The Kier molecular flexibility index (Phi) is 4.14. The monoisotopic (exact) mass is 307 g/mol. The van der Waals surface area contributed by atoms with Crippen LogP contribution in [0.2, 0.25) is 0 Å². The summed E-state index contributed by atoms with van der Waals surface area (Å²) in [5.41, 5.74) is -0.218. The first-order chi connectivity index (χ1) is 9.97. The molecule has 0 aliphatic carbocycles. The van der Waals surface area contributed by atoms with Gasteiger partial charge < -0.3 is 14.8 Å². The summed E-state index contributed by atoms with van der Waals surface area (Å²) in [7, 11) is 0. The van der Waals surface area contributed by atoms with Gasteiger partial charge >= 0.3 is 0 Å². The number of nitrogens with zero attached hydrogens (tertiary/aromatic N) is 1. The van der Waals surface area contributed by atoms with Gasteiger partial charge in [-0.1, -0.05) is 0 Å². The zero-order valence-corrected chi connectivity index (χ0v) is 11.2. The van der Waals surface area contributed by atoms with Gasteiger partial charge in [0.15, 0.2) is 10.9 Å². The van der Waals surface area contributed by atoms with Crippen LogP contribution in [0.25, 0.3) is 0 Å². The van der Waals surface area contributed by atoms with Crippen molar-refractivity contribution in [2.75, 3.05) is 5.32 Å². The fraction of sp³-hybridized carbons (Fsp3) is 0. The molecule has 0 fully saturated rings. The number of rotatable bonds is 3. The Hall–Kier alpha value is -2.94. The molecule has 108 valence electrons. The molecule has 0 aliphatic rings. The molecule has 0 aliphatic heterocycles. The van der Waals surface area contributed by atoms with Gasteiger partial charge in [0.25, 0.3) is 11.6 Å². The highest BCUT2D eigenvalue weighted by atomic mass is 32.1. The van der Waals surface area contributed by atoms with Gasteiger partial charge in [-0.3, -0.25) is 20.2 Å². The predicted molar refractivity (Wildman–Crippen MR) is 77.2 cm³/mol. The Morgan fingerprint density at radius 1 is 1.38 bits per heavy atom. The number of furan rings is 1. The number of nitro benzene ring substituents is 1. The van der Waals surface area contributed by atoms with Crippen LogP contribution in [0, 0.1) is 10.1 Å². The van der Waals surface area contributed by atoms with E-state index in [1.54, 1.807) is 0 Å². The van der Waals surface area contributed by atoms with Crippen LogP contribution in [0.15, 0.2) is 41.0 Å². The summed E-state index contributed by atoms with van der Waals surface area (Å²) in [6, 6.07) is 6.38. The second-order valence-electron chi connectivity index (χ2n) is 3.84. The van der Waals surface area contributed by atoms with Crippen LogP contribution in [-0.2, 0) is 0 Å². The van der Waals surface area contributed by atoms with Gasteiger partial charge in [-0.05, 0) is 30.4 Å². The molecule has 1 heterocycles. The van der Waals surface area contributed by atoms with Crippen molar-refractivity contribution in [1.29, 1.82) is 0 Å². The first-order valence-corrected chi connectivity index (χ1v) is 6.01. The zero-order valence-electron chi connectivity index (χ0n) is 10.4. The van der Waals surface area contributed by atoms with Gasteiger partial charge in [0.05, 0.1) is 16.9 Å². The van der Waals surface area contributed by atoms with E-state index in [4.69, 9.17) is 16.6 Å². The Morgan fingerprint density at radius 3 is 2.76 bits per heavy atom. The first kappa shape index (κ1) is 14.5. The molecule has 1 aromatic heterocycles. The van der Waals surface area contributed by atoms with E-state index in [0.717, 1.165) is 18.2 Å². The van der Waals surface area contributed by atoms with Crippen molar-refractivity contribution in [3.63, 3.8) is 0 Å². The average Bonchev–Trinajstić information content (AvgIpc) is 2.95. The van der Waals surface area contributed by atoms with Crippen LogP contribution in [0.1, 0.15) is 10.6 Å². The lowest BCUT2D eigenvalue weighted by Gasteiger charge is -2.09. The molecule has 9 heteroatoms. The molecule has 0 atom stereocenters. The molecule has 2 rings (SSSR count). The largest absolute Gasteiger partial charge is 0.506 e. The molecule has 2 aromatic rings. The van der Waals surface area contributed by atoms with Gasteiger partial charge in [-0.15, -0.1) is 0 Å². The summed E-state index contributed by atoms with van der Waals surface area (Å²) in [5, 5.41) is 25.0. The second kappa shape index (κ2) is 6.01. The molecule has 3 N–H and O–H groups in total. The number of anilines is 1. The highest BCUT2D eigenvalue weighted by molar-refractivity contribution is 7.80. The first-order valence-electron chi connectivity index (χ1n) is 5.60. The summed E-state index contributed by atoms with van der Waals surface area (Å²) >= 11 is 4.89. The highest BCUT2D eigenvalue weighted by Crippen LogP contribution is 2.27. The number of thiocarbonyl (C=S) groups is 1. The van der Waals surface area contributed by atoms with Crippen LogP contribution >= 0.6 is 12.2 Å². The van der Waals surface area contributed by atoms with Gasteiger partial charge in [0.2, 0.25) is 0 Å². The number of nitro groups is 1. The Bertz CT molecular complexity index is 699. The third-order valence-corrected chi connectivity index (χ3v) is 2.62. The van der Waals surface area contributed by atoms with Crippen molar-refractivity contribution < 1.29 is 19.2 Å². The molecule has 1 amide bonds. The number of carbonyl (C=O) groups is 1. The Labute approximate surface area is 123 Å². The highest BCUT2D eigenvalue weighted by Gasteiger charge is 2.14. The molecule has 21 heavy (non-hydrogen) atoms. The molecule has 0 bridgehead atoms. The summed E-state index contributed by atoms with van der Waals surface area (Å²) in [6.45, 7) is 0. The van der Waals surface area contributed by atoms with Crippen LogP contribution in [0.3, 0.4) is 0 Å². The number of amides is 1. The Morgan fingerprint density at radius 2 is 2.14 bits per heavy atom. The third-order valence-electron chi connectivity index (χ3n) is 2.41. The van der Waals surface area contributed by atoms with Crippen LogP contribution in [0.4, 0.5) is 11.4 Å². The van der Waals surface area contributed by atoms with Gasteiger partial charge in [0.1, 0.15) is 5.75 Å². The van der Waals surface area contributed by atoms with E-state index in [2.05, 4.69) is 10.6 Å². The molecule has 8 nitrogen and oxygen atoms in total. The maximum absolute atomic E-state index is 11.7. The fourth-order valence-corrected chi connectivity index (χ4v) is 1.67. The average molecular weight is 307 g/mol. The number of carbonyl (C=O) groups excluding carboxylic acids is 1. The maximum Gasteiger partial charge on any atom is 0.293 e. The van der Waals surface area contributed by atoms with E-state index in [9.17, 15) is 20.0 Å². The number of nitrogens with one attached hydrogen (secondary N) is 2. The van der Waals surface area contributed by atoms with E-state index in [1.165, 1.54) is 18.4 Å². The van der Waals surface area contributed by atoms with Crippen LogP contribution in [-0.4, -0.2) is 21.0 Å². The van der Waals surface area contributed by atoms with Crippen molar-refractivity contribution in [2.24, 2.45) is 0 Å². The fourth-order valence-electron chi connectivity index (χ4n) is 1.46. The van der Waals surface area contributed by atoms with Crippen LogP contribution in [0.5, 0.6) is 5.75 Å². The molecule has 0 spiro atoms. The minimum absolute atomic E-state index is 0.00828. The summed E-state index contributed by atoms with van der Waals surface area (Å²) in [5.74, 6) is -0.764. The Balaban J connectivity index is 2.07. The van der Waals surface area contributed by atoms with Gasteiger partial charge in [-0.25, -0.2) is 0 Å². The van der Waals surface area contributed by atoms with E-state index in [-0.39, 0.29) is 28.0 Å². The number of hydrogen-bond donors (Lipinski definition) is 3. The SMILES string of the molecule is O=C(NC(=S)Nc1cc([N+](=O)[O-])ccc1O)c1ccco1. The summed E-state index contributed by atoms with van der Waals surface area (Å²) < 4.78 is 4.88. The molecular formula is C12H9N3O5S. The predicted octanol–water partition coefficient (Wildman–Crippen LogP) is 2.02. The molecule has 0 radical (unpaired) electrons. The van der Waals surface area contributed by atoms with Crippen molar-refractivity contribution in [2.45, 2.75) is 0 Å². The molecule has 1 aromatic carbocycles. The summed E-state index contributed by atoms with van der Waals surface area (Å²) in [4.78, 5) is 21.7. The van der Waals surface area contributed by atoms with Crippen molar-refractivity contribution in [3.8, 4) is 5.75 Å². The second-order valence-corrected chi connectivity index (χ2v) is 4.25. The van der Waals surface area contributed by atoms with Crippen molar-refractivity contribution >= 4 is 34.6 Å². The van der Waals surface area contributed by atoms with Crippen LogP contribution < -0.4 is 10.6 Å².